The van der Waals surface area contributed by atoms with Crippen molar-refractivity contribution < 1.29 is 0 Å². The third-order valence-corrected chi connectivity index (χ3v) is 17.7. The van der Waals surface area contributed by atoms with Crippen LogP contribution in [0.3, 0.4) is 0 Å². The summed E-state index contributed by atoms with van der Waals surface area (Å²) in [5, 5.41) is 0. The van der Waals surface area contributed by atoms with Crippen molar-refractivity contribution in [2.24, 2.45) is 0 Å². The maximum atomic E-state index is 2.73. The molecule has 2 aliphatic heterocycles. The molecule has 0 fully saturated rings. The second kappa shape index (κ2) is 16.4. The van der Waals surface area contributed by atoms with Gasteiger partial charge >= 0.3 is 0 Å². The number of anilines is 9. The zero-order valence-corrected chi connectivity index (χ0v) is 45.6. The van der Waals surface area contributed by atoms with Gasteiger partial charge in [0.2, 0.25) is 0 Å². The lowest BCUT2D eigenvalue weighted by molar-refractivity contribution is 0.332. The Bertz CT molecular complexity index is 3460. The van der Waals surface area contributed by atoms with Crippen molar-refractivity contribution in [3.05, 3.63) is 203 Å². The van der Waals surface area contributed by atoms with Gasteiger partial charge in [0.1, 0.15) is 0 Å². The first kappa shape index (κ1) is 47.2. The lowest BCUT2D eigenvalue weighted by atomic mass is 9.33. The van der Waals surface area contributed by atoms with Crippen LogP contribution < -0.4 is 31.1 Å². The van der Waals surface area contributed by atoms with E-state index in [-0.39, 0.29) is 33.8 Å². The van der Waals surface area contributed by atoms with Crippen LogP contribution in [-0.4, -0.2) is 6.71 Å². The molecule has 0 spiro atoms. The molecule has 4 heteroatoms. The van der Waals surface area contributed by atoms with E-state index in [0.29, 0.717) is 0 Å². The maximum Gasteiger partial charge on any atom is 0.252 e. The number of hydrogen-bond acceptors (Lipinski definition) is 3. The Morgan fingerprint density at radius 3 is 1.48 bits per heavy atom. The van der Waals surface area contributed by atoms with Crippen LogP contribution in [0.1, 0.15) is 134 Å². The average Bonchev–Trinajstić information content (AvgIpc) is 3.54. The van der Waals surface area contributed by atoms with Gasteiger partial charge in [-0.05, 0) is 187 Å². The van der Waals surface area contributed by atoms with Gasteiger partial charge in [-0.2, -0.15) is 0 Å². The molecule has 366 valence electrons. The molecule has 0 N–H and O–H groups in total. The molecule has 0 unspecified atom stereocenters. The van der Waals surface area contributed by atoms with Gasteiger partial charge < -0.3 is 14.7 Å². The third kappa shape index (κ3) is 7.52. The molecule has 2 aliphatic carbocycles. The Kier molecular flexibility index (Phi) is 10.6. The second-order valence-electron chi connectivity index (χ2n) is 25.8. The fourth-order valence-electron chi connectivity index (χ4n) is 13.8. The van der Waals surface area contributed by atoms with Crippen LogP contribution in [0, 0.1) is 13.8 Å². The van der Waals surface area contributed by atoms with Gasteiger partial charge in [-0.15, -0.1) is 0 Å². The summed E-state index contributed by atoms with van der Waals surface area (Å²) in [5.41, 5.74) is 27.2. The van der Waals surface area contributed by atoms with Gasteiger partial charge in [0.25, 0.3) is 6.71 Å². The Morgan fingerprint density at radius 2 is 0.904 bits per heavy atom. The first-order valence-corrected chi connectivity index (χ1v) is 27.0. The molecule has 0 bridgehead atoms. The monoisotopic (exact) mass is 954 g/mol. The van der Waals surface area contributed by atoms with Crippen LogP contribution in [0.5, 0.6) is 0 Å². The fraction of sp³-hybridized carbons (Fsp3) is 0.304. The molecular formula is C69H72BN3. The molecule has 73 heavy (non-hydrogen) atoms. The SMILES string of the molecule is Cc1ccc(-c2ccccc2)cc1N1c2cc(C(C)(C)C)ccc2B2c3cc4c(cc3N(c3cc5c(cc3C)C(C)(C)CCC5(C)C)c3cc(N(c5ccccc5)c5ccccc5)cc1c32)C(C)(C)CC4(C)C. The molecule has 0 saturated carbocycles. The van der Waals surface area contributed by atoms with Crippen LogP contribution in [0.4, 0.5) is 51.2 Å². The van der Waals surface area contributed by atoms with Gasteiger partial charge in [-0.25, -0.2) is 0 Å². The van der Waals surface area contributed by atoms with Crippen molar-refractivity contribution in [2.75, 3.05) is 14.7 Å². The molecule has 0 amide bonds. The quantitative estimate of drug-likeness (QED) is 0.154. The molecule has 12 rings (SSSR count). The summed E-state index contributed by atoms with van der Waals surface area (Å²) in [7, 11) is 0. The third-order valence-electron chi connectivity index (χ3n) is 17.7. The Balaban J connectivity index is 1.26. The predicted octanol–water partition coefficient (Wildman–Crippen LogP) is 17.1. The highest BCUT2D eigenvalue weighted by molar-refractivity contribution is 7.00. The van der Waals surface area contributed by atoms with Gasteiger partial charge in [-0.3, -0.25) is 0 Å². The second-order valence-corrected chi connectivity index (χ2v) is 25.8. The summed E-state index contributed by atoms with van der Waals surface area (Å²) in [5.74, 6) is 0. The van der Waals surface area contributed by atoms with E-state index in [1.165, 1.54) is 107 Å². The van der Waals surface area contributed by atoms with Crippen molar-refractivity contribution >= 4 is 74.3 Å². The topological polar surface area (TPSA) is 9.72 Å². The van der Waals surface area contributed by atoms with Gasteiger partial charge in [-0.1, -0.05) is 179 Å². The number of hydrogen-bond donors (Lipinski definition) is 0. The average molecular weight is 954 g/mol. The van der Waals surface area contributed by atoms with E-state index < -0.39 is 0 Å². The lowest BCUT2D eigenvalue weighted by Gasteiger charge is -2.47. The van der Waals surface area contributed by atoms with Crippen molar-refractivity contribution in [2.45, 2.75) is 136 Å². The molecule has 0 radical (unpaired) electrons. The van der Waals surface area contributed by atoms with Gasteiger partial charge in [0, 0.05) is 45.5 Å². The van der Waals surface area contributed by atoms with Crippen LogP contribution in [0.25, 0.3) is 11.1 Å². The van der Waals surface area contributed by atoms with Crippen LogP contribution in [-0.2, 0) is 27.1 Å². The van der Waals surface area contributed by atoms with Crippen LogP contribution in [0.2, 0.25) is 0 Å². The minimum Gasteiger partial charge on any atom is -0.311 e. The van der Waals surface area contributed by atoms with E-state index in [4.69, 9.17) is 0 Å². The first-order chi connectivity index (χ1) is 34.6. The zero-order valence-electron chi connectivity index (χ0n) is 45.6. The summed E-state index contributed by atoms with van der Waals surface area (Å²) in [6.07, 6.45) is 3.44. The normalized spacial score (nSPS) is 17.3. The van der Waals surface area contributed by atoms with Crippen LogP contribution >= 0.6 is 0 Å². The Hall–Kier alpha value is -6.78. The minimum atomic E-state index is -0.0731. The molecule has 8 aromatic carbocycles. The number of benzene rings is 8. The van der Waals surface area contributed by atoms with Crippen molar-refractivity contribution in [3.8, 4) is 11.1 Å². The first-order valence-electron chi connectivity index (χ1n) is 27.0. The number of aryl methyl sites for hydroxylation is 2. The number of nitrogens with zero attached hydrogens (tertiary/aromatic N) is 3. The molecule has 8 aromatic rings. The molecule has 3 nitrogen and oxygen atoms in total. The highest BCUT2D eigenvalue weighted by Crippen LogP contribution is 2.56. The summed E-state index contributed by atoms with van der Waals surface area (Å²) >= 11 is 0. The smallest absolute Gasteiger partial charge is 0.252 e. The van der Waals surface area contributed by atoms with Crippen molar-refractivity contribution in [1.82, 2.24) is 0 Å². The highest BCUT2D eigenvalue weighted by atomic mass is 15.2. The molecule has 0 saturated heterocycles. The number of fused-ring (bicyclic) bond motifs is 6. The molecular weight excluding hydrogens is 882 g/mol. The van der Waals surface area contributed by atoms with Crippen LogP contribution in [0.15, 0.2) is 164 Å². The molecule has 4 aliphatic rings. The lowest BCUT2D eigenvalue weighted by Crippen LogP contribution is -2.61. The van der Waals surface area contributed by atoms with E-state index in [1.54, 1.807) is 0 Å². The maximum absolute atomic E-state index is 2.73. The van der Waals surface area contributed by atoms with E-state index in [0.717, 1.165) is 29.9 Å². The summed E-state index contributed by atoms with van der Waals surface area (Å²) < 4.78 is 0. The van der Waals surface area contributed by atoms with E-state index in [9.17, 15) is 0 Å². The minimum absolute atomic E-state index is 0.00528. The van der Waals surface area contributed by atoms with E-state index >= 15 is 0 Å². The van der Waals surface area contributed by atoms with Gasteiger partial charge in [0.15, 0.2) is 0 Å². The highest BCUT2D eigenvalue weighted by Gasteiger charge is 2.49. The molecule has 0 atom stereocenters. The Labute approximate surface area is 437 Å². The van der Waals surface area contributed by atoms with Gasteiger partial charge in [0.05, 0.1) is 5.69 Å². The molecule has 0 aromatic heterocycles. The zero-order chi connectivity index (χ0) is 51.1. The number of para-hydroxylation sites is 2. The van der Waals surface area contributed by atoms with E-state index in [1.807, 2.05) is 0 Å². The summed E-state index contributed by atoms with van der Waals surface area (Å²) in [6, 6.07) is 63.0. The van der Waals surface area contributed by atoms with E-state index in [2.05, 4.69) is 269 Å². The van der Waals surface area contributed by atoms with Crippen molar-refractivity contribution in [1.29, 1.82) is 0 Å². The largest absolute Gasteiger partial charge is 0.311 e. The predicted molar refractivity (Wildman–Crippen MR) is 315 cm³/mol. The standard InChI is InChI=1S/C69H72BN3/c1-44-29-30-47(46-23-17-14-18-24-46)36-58(44)72-60-37-48(65(3,4)5)31-32-56(60)70-57-40-53-55(69(12,13)43-68(53,10)11)42-61(57)73(59-41-54-52(35-45(59)2)66(6,7)33-34-67(54,8)9)63-39-51(38-62(72)64(63)70)71(49-25-19-15-20-26-49)50-27-21-16-22-28-50/h14-32,35-42H,33-34,43H2,1-13H3. The Morgan fingerprint density at radius 1 is 0.411 bits per heavy atom. The fourth-order valence-corrected chi connectivity index (χ4v) is 13.8. The summed E-state index contributed by atoms with van der Waals surface area (Å²) in [4.78, 5) is 7.87. The molecule has 2 heterocycles. The number of rotatable bonds is 6. The summed E-state index contributed by atoms with van der Waals surface area (Å²) in [6.45, 7) is 31.5. The van der Waals surface area contributed by atoms with Crippen molar-refractivity contribution in [3.63, 3.8) is 0 Å².